The molecule has 1 aromatic carbocycles. The molecule has 1 aliphatic carbocycles. The van der Waals surface area contributed by atoms with E-state index in [0.717, 1.165) is 30.2 Å². The standard InChI is InChI=1S/C20H23F3N2O2/c21-20(22,23)16-8-4-5-9-17(16)25-13-15(12-18(25)26)19(27)24-11-10-14-6-2-1-3-7-14/h4-6,8-9,15H,1-3,7,10-13H2,(H,24,27). The maximum atomic E-state index is 13.2. The van der Waals surface area contributed by atoms with Crippen LogP contribution in [-0.4, -0.2) is 24.9 Å². The summed E-state index contributed by atoms with van der Waals surface area (Å²) in [5.74, 6) is -1.35. The summed E-state index contributed by atoms with van der Waals surface area (Å²) in [6.07, 6.45) is 2.89. The minimum atomic E-state index is -4.55. The predicted molar refractivity (Wildman–Crippen MR) is 96.1 cm³/mol. The molecular formula is C20H23F3N2O2. The number of nitrogens with zero attached hydrogens (tertiary/aromatic N) is 1. The highest BCUT2D eigenvalue weighted by Gasteiger charge is 2.40. The zero-order valence-corrected chi connectivity index (χ0v) is 15.0. The van der Waals surface area contributed by atoms with Gasteiger partial charge in [0.1, 0.15) is 0 Å². The van der Waals surface area contributed by atoms with Crippen LogP contribution in [0.5, 0.6) is 0 Å². The molecule has 0 saturated carbocycles. The Bertz CT molecular complexity index is 743. The van der Waals surface area contributed by atoms with Crippen LogP contribution in [0.1, 0.15) is 44.1 Å². The molecule has 27 heavy (non-hydrogen) atoms. The van der Waals surface area contributed by atoms with Crippen molar-refractivity contribution in [3.8, 4) is 0 Å². The van der Waals surface area contributed by atoms with Crippen molar-refractivity contribution < 1.29 is 22.8 Å². The van der Waals surface area contributed by atoms with E-state index in [1.54, 1.807) is 0 Å². The summed E-state index contributed by atoms with van der Waals surface area (Å²) in [5.41, 5.74) is 0.297. The van der Waals surface area contributed by atoms with Crippen molar-refractivity contribution in [2.45, 2.75) is 44.7 Å². The van der Waals surface area contributed by atoms with Gasteiger partial charge in [-0.2, -0.15) is 13.2 Å². The number of benzene rings is 1. The third kappa shape index (κ3) is 4.70. The highest BCUT2D eigenvalue weighted by molar-refractivity contribution is 6.00. The van der Waals surface area contributed by atoms with Gasteiger partial charge in [0, 0.05) is 19.5 Å². The van der Waals surface area contributed by atoms with Crippen LogP contribution >= 0.6 is 0 Å². The van der Waals surface area contributed by atoms with Gasteiger partial charge in [0.05, 0.1) is 17.2 Å². The third-order valence-corrected chi connectivity index (χ3v) is 5.13. The molecular weight excluding hydrogens is 357 g/mol. The number of hydrogen-bond acceptors (Lipinski definition) is 2. The zero-order valence-electron chi connectivity index (χ0n) is 15.0. The first-order chi connectivity index (χ1) is 12.9. The monoisotopic (exact) mass is 380 g/mol. The average molecular weight is 380 g/mol. The molecule has 1 heterocycles. The van der Waals surface area contributed by atoms with Crippen molar-refractivity contribution in [2.24, 2.45) is 5.92 Å². The molecule has 146 valence electrons. The van der Waals surface area contributed by atoms with E-state index in [1.165, 1.54) is 36.6 Å². The number of nitrogens with one attached hydrogen (secondary N) is 1. The predicted octanol–water partition coefficient (Wildman–Crippen LogP) is 4.07. The van der Waals surface area contributed by atoms with E-state index < -0.39 is 23.6 Å². The summed E-state index contributed by atoms with van der Waals surface area (Å²) < 4.78 is 39.6. The second kappa shape index (κ2) is 8.15. The third-order valence-electron chi connectivity index (χ3n) is 5.13. The molecule has 0 spiro atoms. The Balaban J connectivity index is 1.60. The van der Waals surface area contributed by atoms with Gasteiger partial charge in [-0.05, 0) is 44.2 Å². The average Bonchev–Trinajstić information content (AvgIpc) is 3.03. The molecule has 4 nitrogen and oxygen atoms in total. The van der Waals surface area contributed by atoms with Gasteiger partial charge in [-0.25, -0.2) is 0 Å². The second-order valence-corrected chi connectivity index (χ2v) is 7.07. The van der Waals surface area contributed by atoms with E-state index >= 15 is 0 Å². The first-order valence-corrected chi connectivity index (χ1v) is 9.28. The number of hydrogen-bond donors (Lipinski definition) is 1. The van der Waals surface area contributed by atoms with Gasteiger partial charge in [-0.15, -0.1) is 0 Å². The first kappa shape index (κ1) is 19.5. The molecule has 7 heteroatoms. The molecule has 0 aromatic heterocycles. The first-order valence-electron chi connectivity index (χ1n) is 9.28. The van der Waals surface area contributed by atoms with Gasteiger partial charge in [-0.3, -0.25) is 9.59 Å². The van der Waals surface area contributed by atoms with Gasteiger partial charge < -0.3 is 10.2 Å². The molecule has 2 amide bonds. The molecule has 1 atom stereocenters. The Morgan fingerprint density at radius 1 is 1.22 bits per heavy atom. The molecule has 0 bridgehead atoms. The van der Waals surface area contributed by atoms with E-state index in [9.17, 15) is 22.8 Å². The molecule has 1 aliphatic heterocycles. The zero-order chi connectivity index (χ0) is 19.4. The quantitative estimate of drug-likeness (QED) is 0.783. The van der Waals surface area contributed by atoms with Gasteiger partial charge in [-0.1, -0.05) is 23.8 Å². The van der Waals surface area contributed by atoms with Crippen LogP contribution in [-0.2, 0) is 15.8 Å². The number of carbonyl (C=O) groups is 2. The Morgan fingerprint density at radius 2 is 2.00 bits per heavy atom. The number of anilines is 1. The topological polar surface area (TPSA) is 49.4 Å². The second-order valence-electron chi connectivity index (χ2n) is 7.07. The van der Waals surface area contributed by atoms with Gasteiger partial charge >= 0.3 is 6.18 Å². The lowest BCUT2D eigenvalue weighted by Crippen LogP contribution is -2.34. The van der Waals surface area contributed by atoms with Crippen LogP contribution in [0.4, 0.5) is 18.9 Å². The van der Waals surface area contributed by atoms with Gasteiger partial charge in [0.2, 0.25) is 11.8 Å². The summed E-state index contributed by atoms with van der Waals surface area (Å²) >= 11 is 0. The minimum absolute atomic E-state index is 0.0273. The number of rotatable bonds is 5. The Morgan fingerprint density at radius 3 is 2.70 bits per heavy atom. The van der Waals surface area contributed by atoms with E-state index in [-0.39, 0.29) is 24.6 Å². The molecule has 2 aliphatic rings. The largest absolute Gasteiger partial charge is 0.418 e. The number of halogens is 3. The highest BCUT2D eigenvalue weighted by atomic mass is 19.4. The van der Waals surface area contributed by atoms with Crippen molar-refractivity contribution in [1.29, 1.82) is 0 Å². The normalized spacial score (nSPS) is 20.6. The van der Waals surface area contributed by atoms with Crippen molar-refractivity contribution >= 4 is 17.5 Å². The molecule has 1 fully saturated rings. The smallest absolute Gasteiger partial charge is 0.355 e. The number of para-hydroxylation sites is 1. The molecule has 1 unspecified atom stereocenters. The molecule has 1 N–H and O–H groups in total. The lowest BCUT2D eigenvalue weighted by molar-refractivity contribution is -0.137. The van der Waals surface area contributed by atoms with E-state index in [4.69, 9.17) is 0 Å². The van der Waals surface area contributed by atoms with Crippen molar-refractivity contribution in [2.75, 3.05) is 18.0 Å². The Labute approximate surface area is 156 Å². The van der Waals surface area contributed by atoms with Crippen LogP contribution in [0.3, 0.4) is 0 Å². The molecule has 3 rings (SSSR count). The summed E-state index contributed by atoms with van der Waals surface area (Å²) in [5, 5.41) is 2.83. The highest BCUT2D eigenvalue weighted by Crippen LogP contribution is 2.38. The maximum absolute atomic E-state index is 13.2. The van der Waals surface area contributed by atoms with Gasteiger partial charge in [0.25, 0.3) is 0 Å². The maximum Gasteiger partial charge on any atom is 0.418 e. The fourth-order valence-electron chi connectivity index (χ4n) is 3.69. The number of carbonyl (C=O) groups excluding carboxylic acids is 2. The summed E-state index contributed by atoms with van der Waals surface area (Å²) in [7, 11) is 0. The van der Waals surface area contributed by atoms with Crippen LogP contribution in [0.2, 0.25) is 0 Å². The van der Waals surface area contributed by atoms with Gasteiger partial charge in [0.15, 0.2) is 0 Å². The summed E-state index contributed by atoms with van der Waals surface area (Å²) in [6.45, 7) is 0.467. The Kier molecular flexibility index (Phi) is 5.87. The van der Waals surface area contributed by atoms with Crippen LogP contribution in [0, 0.1) is 5.92 Å². The van der Waals surface area contributed by atoms with Crippen molar-refractivity contribution in [3.05, 3.63) is 41.5 Å². The molecule has 1 aromatic rings. The minimum Gasteiger partial charge on any atom is -0.355 e. The number of alkyl halides is 3. The fourth-order valence-corrected chi connectivity index (χ4v) is 3.69. The van der Waals surface area contributed by atoms with Crippen LogP contribution < -0.4 is 10.2 Å². The van der Waals surface area contributed by atoms with Crippen LogP contribution in [0.25, 0.3) is 0 Å². The van der Waals surface area contributed by atoms with Crippen molar-refractivity contribution in [3.63, 3.8) is 0 Å². The molecule has 1 saturated heterocycles. The number of amides is 2. The summed E-state index contributed by atoms with van der Waals surface area (Å²) in [6, 6.07) is 4.98. The number of allylic oxidation sites excluding steroid dienone is 1. The molecule has 0 radical (unpaired) electrons. The van der Waals surface area contributed by atoms with E-state index in [2.05, 4.69) is 11.4 Å². The fraction of sp³-hybridized carbons (Fsp3) is 0.500. The SMILES string of the molecule is O=C(NCCC1=CCCCC1)C1CC(=O)N(c2ccccc2C(F)(F)F)C1. The lowest BCUT2D eigenvalue weighted by atomic mass is 9.97. The van der Waals surface area contributed by atoms with E-state index in [1.807, 2.05) is 0 Å². The van der Waals surface area contributed by atoms with E-state index in [0.29, 0.717) is 6.54 Å². The Hall–Kier alpha value is -2.31. The summed E-state index contributed by atoms with van der Waals surface area (Å²) in [4.78, 5) is 25.7. The van der Waals surface area contributed by atoms with Crippen LogP contribution in [0.15, 0.2) is 35.9 Å². The van der Waals surface area contributed by atoms with Crippen molar-refractivity contribution in [1.82, 2.24) is 5.32 Å². The lowest BCUT2D eigenvalue weighted by Gasteiger charge is -2.21.